The lowest BCUT2D eigenvalue weighted by Gasteiger charge is -2.18. The molecule has 4 rings (SSSR count). The smallest absolute Gasteiger partial charge is 0.230 e. The summed E-state index contributed by atoms with van der Waals surface area (Å²) in [6.07, 6.45) is 5.52. The molecule has 0 spiro atoms. The fourth-order valence-corrected chi connectivity index (χ4v) is 4.66. The molecule has 0 saturated carbocycles. The van der Waals surface area contributed by atoms with Gasteiger partial charge in [0.05, 0.1) is 17.3 Å². The zero-order chi connectivity index (χ0) is 22.2. The molecule has 0 aliphatic heterocycles. The number of nitrogens with zero attached hydrogens (tertiary/aromatic N) is 2. The van der Waals surface area contributed by atoms with Crippen molar-refractivity contribution in [2.75, 3.05) is 5.75 Å². The molecule has 0 fully saturated rings. The Hall–Kier alpha value is -3.02. The summed E-state index contributed by atoms with van der Waals surface area (Å²) in [5, 5.41) is 3.81. The Labute approximate surface area is 197 Å². The first-order valence-corrected chi connectivity index (χ1v) is 11.8. The van der Waals surface area contributed by atoms with Gasteiger partial charge >= 0.3 is 0 Å². The number of amides is 1. The van der Waals surface area contributed by atoms with Gasteiger partial charge in [0.1, 0.15) is 0 Å². The summed E-state index contributed by atoms with van der Waals surface area (Å²) in [6.45, 7) is 1.30. The van der Waals surface area contributed by atoms with Gasteiger partial charge in [0.2, 0.25) is 5.91 Å². The maximum atomic E-state index is 12.6. The quantitative estimate of drug-likeness (QED) is 0.346. The molecule has 1 amide bonds. The third-order valence-corrected chi connectivity index (χ3v) is 6.65. The molecule has 1 heterocycles. The van der Waals surface area contributed by atoms with Crippen LogP contribution >= 0.6 is 23.4 Å². The summed E-state index contributed by atoms with van der Waals surface area (Å²) < 4.78 is 2.03. The van der Waals surface area contributed by atoms with Crippen LogP contribution in [0.2, 0.25) is 5.02 Å². The highest BCUT2D eigenvalue weighted by atomic mass is 35.5. The Kier molecular flexibility index (Phi) is 7.64. The van der Waals surface area contributed by atoms with Crippen LogP contribution in [0.3, 0.4) is 0 Å². The van der Waals surface area contributed by atoms with Crippen molar-refractivity contribution < 1.29 is 4.79 Å². The van der Waals surface area contributed by atoms with Crippen LogP contribution in [0, 0.1) is 0 Å². The van der Waals surface area contributed by atoms with Crippen molar-refractivity contribution in [3.8, 4) is 0 Å². The van der Waals surface area contributed by atoms with Gasteiger partial charge in [-0.05, 0) is 34.4 Å². The van der Waals surface area contributed by atoms with Crippen molar-refractivity contribution in [3.63, 3.8) is 0 Å². The number of rotatable bonds is 9. The maximum absolute atomic E-state index is 12.6. The SMILES string of the molecule is O=C(CSC(c1ccccc1)c1ccc(Cl)cc1)NCc1ccc(Cn2ccnc2)cc1. The number of imidazole rings is 1. The molecule has 0 aliphatic rings. The number of carbonyl (C=O) groups excluding carboxylic acids is 1. The predicted molar refractivity (Wildman–Crippen MR) is 132 cm³/mol. The molecule has 6 heteroatoms. The topological polar surface area (TPSA) is 46.9 Å². The van der Waals surface area contributed by atoms with Gasteiger partial charge < -0.3 is 9.88 Å². The highest BCUT2D eigenvalue weighted by Gasteiger charge is 2.16. The molecule has 1 atom stereocenters. The van der Waals surface area contributed by atoms with Gasteiger partial charge in [0.15, 0.2) is 0 Å². The third-order valence-electron chi connectivity index (χ3n) is 5.09. The van der Waals surface area contributed by atoms with E-state index >= 15 is 0 Å². The van der Waals surface area contributed by atoms with Crippen molar-refractivity contribution in [1.82, 2.24) is 14.9 Å². The zero-order valence-electron chi connectivity index (χ0n) is 17.5. The van der Waals surface area contributed by atoms with E-state index in [0.29, 0.717) is 17.3 Å². The number of hydrogen-bond acceptors (Lipinski definition) is 3. The molecule has 0 saturated heterocycles. The van der Waals surface area contributed by atoms with Gasteiger partial charge in [0.25, 0.3) is 0 Å². The highest BCUT2D eigenvalue weighted by molar-refractivity contribution is 8.00. The van der Waals surface area contributed by atoms with Crippen LogP contribution in [0.5, 0.6) is 0 Å². The van der Waals surface area contributed by atoms with Gasteiger partial charge in [-0.25, -0.2) is 4.98 Å². The minimum Gasteiger partial charge on any atom is -0.351 e. The molecule has 4 nitrogen and oxygen atoms in total. The molecule has 3 aromatic carbocycles. The second-order valence-corrected chi connectivity index (χ2v) is 9.01. The van der Waals surface area contributed by atoms with Gasteiger partial charge in [-0.3, -0.25) is 4.79 Å². The first-order valence-electron chi connectivity index (χ1n) is 10.4. The maximum Gasteiger partial charge on any atom is 0.230 e. The zero-order valence-corrected chi connectivity index (χ0v) is 19.1. The van der Waals surface area contributed by atoms with Crippen molar-refractivity contribution >= 4 is 29.3 Å². The number of nitrogens with one attached hydrogen (secondary N) is 1. The van der Waals surface area contributed by atoms with Gasteiger partial charge in [-0.1, -0.05) is 78.3 Å². The number of thioether (sulfide) groups is 1. The summed E-state index contributed by atoms with van der Waals surface area (Å²) in [7, 11) is 0. The van der Waals surface area contributed by atoms with Crippen molar-refractivity contribution in [3.05, 3.63) is 125 Å². The van der Waals surface area contributed by atoms with Crippen LogP contribution in [0.1, 0.15) is 27.5 Å². The molecule has 4 aromatic rings. The molecule has 32 heavy (non-hydrogen) atoms. The molecule has 0 radical (unpaired) electrons. The van der Waals surface area contributed by atoms with E-state index in [-0.39, 0.29) is 11.2 Å². The van der Waals surface area contributed by atoms with Gasteiger partial charge in [-0.15, -0.1) is 11.8 Å². The van der Waals surface area contributed by atoms with E-state index in [9.17, 15) is 4.79 Å². The minimum atomic E-state index is 0.0207. The van der Waals surface area contributed by atoms with Gasteiger partial charge in [0, 0.05) is 30.5 Å². The summed E-state index contributed by atoms with van der Waals surface area (Å²) in [5.41, 5.74) is 4.57. The molecular formula is C26H24ClN3OS. The minimum absolute atomic E-state index is 0.0207. The van der Waals surface area contributed by atoms with E-state index in [0.717, 1.165) is 17.7 Å². The molecule has 1 unspecified atom stereocenters. The fraction of sp³-hybridized carbons (Fsp3) is 0.154. The van der Waals surface area contributed by atoms with E-state index in [1.807, 2.05) is 53.2 Å². The van der Waals surface area contributed by atoms with Crippen LogP contribution in [-0.2, 0) is 17.9 Å². The highest BCUT2D eigenvalue weighted by Crippen LogP contribution is 2.35. The third kappa shape index (κ3) is 6.25. The number of carbonyl (C=O) groups is 1. The normalized spacial score (nSPS) is 11.8. The number of halogens is 1. The molecular weight excluding hydrogens is 438 g/mol. The van der Waals surface area contributed by atoms with E-state index in [1.165, 1.54) is 11.1 Å². The van der Waals surface area contributed by atoms with Crippen LogP contribution in [0.15, 0.2) is 97.6 Å². The van der Waals surface area contributed by atoms with E-state index < -0.39 is 0 Å². The Morgan fingerprint density at radius 3 is 2.31 bits per heavy atom. The van der Waals surface area contributed by atoms with Crippen molar-refractivity contribution in [2.45, 2.75) is 18.3 Å². The van der Waals surface area contributed by atoms with Crippen LogP contribution in [-0.4, -0.2) is 21.2 Å². The number of benzene rings is 3. The average molecular weight is 462 g/mol. The molecule has 1 aromatic heterocycles. The van der Waals surface area contributed by atoms with Crippen molar-refractivity contribution in [2.24, 2.45) is 0 Å². The molecule has 162 valence electrons. The van der Waals surface area contributed by atoms with E-state index in [4.69, 9.17) is 11.6 Å². The van der Waals surface area contributed by atoms with Crippen LogP contribution in [0.4, 0.5) is 0 Å². The van der Waals surface area contributed by atoms with Gasteiger partial charge in [-0.2, -0.15) is 0 Å². The lowest BCUT2D eigenvalue weighted by molar-refractivity contribution is -0.118. The lowest BCUT2D eigenvalue weighted by atomic mass is 10.0. The fourth-order valence-electron chi connectivity index (χ4n) is 3.41. The number of hydrogen-bond donors (Lipinski definition) is 1. The van der Waals surface area contributed by atoms with Crippen molar-refractivity contribution in [1.29, 1.82) is 0 Å². The Bertz CT molecular complexity index is 1110. The van der Waals surface area contributed by atoms with Crippen LogP contribution < -0.4 is 5.32 Å². The van der Waals surface area contributed by atoms with E-state index in [1.54, 1.807) is 24.3 Å². The second kappa shape index (κ2) is 11.0. The molecule has 0 aliphatic carbocycles. The Balaban J connectivity index is 1.32. The Morgan fingerprint density at radius 2 is 1.62 bits per heavy atom. The summed E-state index contributed by atoms with van der Waals surface area (Å²) in [5.74, 6) is 0.397. The number of aromatic nitrogens is 2. The molecule has 0 bridgehead atoms. The standard InChI is InChI=1S/C26H24ClN3OS/c27-24-12-10-23(11-13-24)26(22-4-2-1-3-5-22)32-18-25(31)29-16-20-6-8-21(9-7-20)17-30-15-14-28-19-30/h1-15,19,26H,16-18H2,(H,29,31). The summed E-state index contributed by atoms with van der Waals surface area (Å²) in [6, 6.07) is 26.3. The first-order chi connectivity index (χ1) is 15.7. The summed E-state index contributed by atoms with van der Waals surface area (Å²) in [4.78, 5) is 16.6. The van der Waals surface area contributed by atoms with E-state index in [2.05, 4.69) is 46.7 Å². The average Bonchev–Trinajstić information content (AvgIpc) is 3.34. The second-order valence-electron chi connectivity index (χ2n) is 7.48. The first kappa shape index (κ1) is 22.2. The van der Waals surface area contributed by atoms with Crippen LogP contribution in [0.25, 0.3) is 0 Å². The Morgan fingerprint density at radius 1 is 0.938 bits per heavy atom. The largest absolute Gasteiger partial charge is 0.351 e. The monoisotopic (exact) mass is 461 g/mol. The summed E-state index contributed by atoms with van der Waals surface area (Å²) >= 11 is 7.68. The molecule has 1 N–H and O–H groups in total. The lowest BCUT2D eigenvalue weighted by Crippen LogP contribution is -2.25. The predicted octanol–water partition coefficient (Wildman–Crippen LogP) is 5.72.